The Morgan fingerprint density at radius 2 is 2.50 bits per heavy atom. The third-order valence-electron chi connectivity index (χ3n) is 0.919. The molecule has 0 aromatic carbocycles. The van der Waals surface area contributed by atoms with Crippen molar-refractivity contribution in [2.45, 2.75) is 5.88 Å². The Hall–Kier alpha value is -0.630. The summed E-state index contributed by atoms with van der Waals surface area (Å²) in [6, 6.07) is 1.81. The normalized spacial score (nSPS) is 9.62. The summed E-state index contributed by atoms with van der Waals surface area (Å²) >= 11 is 5.46. The number of rotatable bonds is 1. The average molecular weight is 131 g/mol. The minimum Gasteiger partial charge on any atom is -0.385 e. The van der Waals surface area contributed by atoms with Crippen LogP contribution in [-0.2, 0) is 5.88 Å². The summed E-state index contributed by atoms with van der Waals surface area (Å²) in [5.74, 6) is 1.19. The van der Waals surface area contributed by atoms with Crippen LogP contribution in [0.25, 0.3) is 0 Å². The van der Waals surface area contributed by atoms with E-state index in [0.717, 1.165) is 5.56 Å². The second-order valence-electron chi connectivity index (χ2n) is 1.60. The quantitative estimate of drug-likeness (QED) is 0.554. The minimum atomic E-state index is 0.522. The first kappa shape index (κ1) is 5.51. The SMILES string of the molecule is Nc1cc(CCl)c[nH]1. The van der Waals surface area contributed by atoms with Gasteiger partial charge in [0.05, 0.1) is 0 Å². The number of anilines is 1. The largest absolute Gasteiger partial charge is 0.385 e. The van der Waals surface area contributed by atoms with E-state index in [0.29, 0.717) is 11.7 Å². The molecular weight excluding hydrogens is 124 g/mol. The second-order valence-corrected chi connectivity index (χ2v) is 1.86. The predicted molar refractivity (Wildman–Crippen MR) is 34.8 cm³/mol. The molecule has 0 radical (unpaired) electrons. The van der Waals surface area contributed by atoms with Crippen molar-refractivity contribution < 1.29 is 0 Å². The van der Waals surface area contributed by atoms with E-state index in [1.54, 1.807) is 6.20 Å². The van der Waals surface area contributed by atoms with Crippen molar-refractivity contribution >= 4 is 17.4 Å². The Bertz CT molecular complexity index is 171. The molecule has 0 aliphatic rings. The zero-order chi connectivity index (χ0) is 5.98. The lowest BCUT2D eigenvalue weighted by atomic mass is 10.4. The molecule has 44 valence electrons. The van der Waals surface area contributed by atoms with Crippen molar-refractivity contribution in [3.05, 3.63) is 17.8 Å². The molecule has 0 saturated heterocycles. The van der Waals surface area contributed by atoms with Crippen molar-refractivity contribution in [3.8, 4) is 0 Å². The van der Waals surface area contributed by atoms with Crippen molar-refractivity contribution in [2.24, 2.45) is 0 Å². The van der Waals surface area contributed by atoms with Gasteiger partial charge in [-0.1, -0.05) is 0 Å². The number of hydrogen-bond donors (Lipinski definition) is 2. The molecule has 0 atom stereocenters. The van der Waals surface area contributed by atoms with E-state index >= 15 is 0 Å². The van der Waals surface area contributed by atoms with Gasteiger partial charge in [-0.15, -0.1) is 11.6 Å². The van der Waals surface area contributed by atoms with Gasteiger partial charge in [-0.05, 0) is 11.6 Å². The molecule has 0 amide bonds. The monoisotopic (exact) mass is 130 g/mol. The molecular formula is C5H7ClN2. The maximum atomic E-state index is 5.46. The van der Waals surface area contributed by atoms with E-state index in [-0.39, 0.29) is 0 Å². The minimum absolute atomic E-state index is 0.522. The highest BCUT2D eigenvalue weighted by atomic mass is 35.5. The fourth-order valence-corrected chi connectivity index (χ4v) is 0.691. The number of hydrogen-bond acceptors (Lipinski definition) is 1. The van der Waals surface area contributed by atoms with Crippen LogP contribution in [-0.4, -0.2) is 4.98 Å². The van der Waals surface area contributed by atoms with Crippen LogP contribution in [0.15, 0.2) is 12.3 Å². The lowest BCUT2D eigenvalue weighted by Crippen LogP contribution is -1.79. The highest BCUT2D eigenvalue weighted by molar-refractivity contribution is 6.17. The van der Waals surface area contributed by atoms with Crippen LogP contribution in [0.3, 0.4) is 0 Å². The summed E-state index contributed by atoms with van der Waals surface area (Å²) in [4.78, 5) is 2.81. The van der Waals surface area contributed by atoms with Crippen LogP contribution < -0.4 is 5.73 Å². The standard InChI is InChI=1S/C5H7ClN2/c6-2-4-1-5(7)8-3-4/h1,3,8H,2,7H2. The molecule has 0 bridgehead atoms. The molecule has 8 heavy (non-hydrogen) atoms. The molecule has 2 nitrogen and oxygen atoms in total. The van der Waals surface area contributed by atoms with Crippen LogP contribution in [0, 0.1) is 0 Å². The average Bonchev–Trinajstić information content (AvgIpc) is 2.14. The van der Waals surface area contributed by atoms with E-state index in [1.807, 2.05) is 6.07 Å². The molecule has 0 saturated carbocycles. The fraction of sp³-hybridized carbons (Fsp3) is 0.200. The molecule has 0 unspecified atom stereocenters. The Balaban J connectivity index is 2.84. The van der Waals surface area contributed by atoms with Crippen molar-refractivity contribution in [1.82, 2.24) is 4.98 Å². The lowest BCUT2D eigenvalue weighted by molar-refractivity contribution is 1.37. The van der Waals surface area contributed by atoms with E-state index in [9.17, 15) is 0 Å². The molecule has 3 N–H and O–H groups in total. The van der Waals surface area contributed by atoms with Gasteiger partial charge in [0.25, 0.3) is 0 Å². The van der Waals surface area contributed by atoms with Gasteiger partial charge in [-0.2, -0.15) is 0 Å². The third-order valence-corrected chi connectivity index (χ3v) is 1.23. The molecule has 0 aliphatic carbocycles. The van der Waals surface area contributed by atoms with Crippen LogP contribution in [0.1, 0.15) is 5.56 Å². The molecule has 0 fully saturated rings. The van der Waals surface area contributed by atoms with E-state index in [4.69, 9.17) is 17.3 Å². The van der Waals surface area contributed by atoms with Crippen LogP contribution >= 0.6 is 11.6 Å². The summed E-state index contributed by atoms with van der Waals surface area (Å²) in [6.45, 7) is 0. The molecule has 0 spiro atoms. The molecule has 3 heteroatoms. The smallest absolute Gasteiger partial charge is 0.100 e. The fourth-order valence-electron chi connectivity index (χ4n) is 0.536. The number of nitrogen functional groups attached to an aromatic ring is 1. The van der Waals surface area contributed by atoms with Gasteiger partial charge < -0.3 is 10.7 Å². The summed E-state index contributed by atoms with van der Waals surface area (Å²) in [7, 11) is 0. The molecule has 1 aromatic rings. The molecule has 1 heterocycles. The maximum absolute atomic E-state index is 5.46. The number of halogens is 1. The van der Waals surface area contributed by atoms with Gasteiger partial charge in [-0.25, -0.2) is 0 Å². The number of H-pyrrole nitrogens is 1. The number of nitrogens with one attached hydrogen (secondary N) is 1. The topological polar surface area (TPSA) is 41.8 Å². The molecule has 1 aromatic heterocycles. The van der Waals surface area contributed by atoms with Crippen LogP contribution in [0.2, 0.25) is 0 Å². The number of aromatic amines is 1. The Kier molecular flexibility index (Phi) is 1.44. The van der Waals surface area contributed by atoms with Gasteiger partial charge in [-0.3, -0.25) is 0 Å². The zero-order valence-electron chi connectivity index (χ0n) is 4.32. The highest BCUT2D eigenvalue weighted by Crippen LogP contribution is 2.06. The van der Waals surface area contributed by atoms with Gasteiger partial charge in [0.15, 0.2) is 0 Å². The Labute approximate surface area is 52.6 Å². The molecule has 1 rings (SSSR count). The zero-order valence-corrected chi connectivity index (χ0v) is 5.07. The van der Waals surface area contributed by atoms with E-state index < -0.39 is 0 Å². The van der Waals surface area contributed by atoms with Crippen molar-refractivity contribution in [3.63, 3.8) is 0 Å². The van der Waals surface area contributed by atoms with Gasteiger partial charge >= 0.3 is 0 Å². The summed E-state index contributed by atoms with van der Waals surface area (Å²) < 4.78 is 0. The predicted octanol–water partition coefficient (Wildman–Crippen LogP) is 1.34. The number of nitrogens with two attached hydrogens (primary N) is 1. The number of alkyl halides is 1. The van der Waals surface area contributed by atoms with Crippen LogP contribution in [0.4, 0.5) is 5.82 Å². The summed E-state index contributed by atoms with van der Waals surface area (Å²) in [5, 5.41) is 0. The third kappa shape index (κ3) is 0.954. The van der Waals surface area contributed by atoms with Crippen LogP contribution in [0.5, 0.6) is 0 Å². The first-order valence-corrected chi connectivity index (χ1v) is 2.85. The Morgan fingerprint density at radius 3 is 2.75 bits per heavy atom. The first-order chi connectivity index (χ1) is 3.83. The summed E-state index contributed by atoms with van der Waals surface area (Å²) in [5.41, 5.74) is 6.37. The van der Waals surface area contributed by atoms with Gasteiger partial charge in [0.1, 0.15) is 5.82 Å². The molecule has 0 aliphatic heterocycles. The second kappa shape index (κ2) is 2.09. The van der Waals surface area contributed by atoms with Gasteiger partial charge in [0.2, 0.25) is 0 Å². The maximum Gasteiger partial charge on any atom is 0.100 e. The highest BCUT2D eigenvalue weighted by Gasteiger charge is 1.89. The van der Waals surface area contributed by atoms with Crippen molar-refractivity contribution in [2.75, 3.05) is 5.73 Å². The number of aromatic nitrogens is 1. The summed E-state index contributed by atoms with van der Waals surface area (Å²) in [6.07, 6.45) is 1.79. The van der Waals surface area contributed by atoms with Gasteiger partial charge in [0, 0.05) is 12.1 Å². The Morgan fingerprint density at radius 1 is 1.75 bits per heavy atom. The van der Waals surface area contributed by atoms with E-state index in [1.165, 1.54) is 0 Å². The van der Waals surface area contributed by atoms with E-state index in [2.05, 4.69) is 4.98 Å². The van der Waals surface area contributed by atoms with Crippen molar-refractivity contribution in [1.29, 1.82) is 0 Å². The first-order valence-electron chi connectivity index (χ1n) is 2.31. The lowest BCUT2D eigenvalue weighted by Gasteiger charge is -1.77.